The molecule has 1 N–H and O–H groups in total. The third-order valence-electron chi connectivity index (χ3n) is 3.93. The molecule has 1 aromatic carbocycles. The molecule has 1 saturated heterocycles. The summed E-state index contributed by atoms with van der Waals surface area (Å²) in [7, 11) is 0. The maximum atomic E-state index is 12.1. The third-order valence-corrected chi connectivity index (χ3v) is 3.93. The molecule has 1 fully saturated rings. The molecule has 1 amide bonds. The molecule has 1 aliphatic rings. The van der Waals surface area contributed by atoms with Crippen LogP contribution in [0.5, 0.6) is 0 Å². The van der Waals surface area contributed by atoms with Gasteiger partial charge in [0.15, 0.2) is 0 Å². The molecule has 0 aliphatic carbocycles. The maximum Gasteiger partial charge on any atom is 0.410 e. The number of aromatic amines is 1. The predicted octanol–water partition coefficient (Wildman–Crippen LogP) is 1.62. The molecule has 25 heavy (non-hydrogen) atoms. The zero-order chi connectivity index (χ0) is 18.0. The Morgan fingerprint density at radius 2 is 1.68 bits per heavy atom. The fourth-order valence-corrected chi connectivity index (χ4v) is 2.70. The lowest BCUT2D eigenvalue weighted by atomic mass is 10.2. The Hall–Kier alpha value is -2.77. The van der Waals surface area contributed by atoms with Gasteiger partial charge in [-0.15, -0.1) is 0 Å². The second kappa shape index (κ2) is 6.62. The van der Waals surface area contributed by atoms with Gasteiger partial charge in [-0.05, 0) is 45.0 Å². The highest BCUT2D eigenvalue weighted by Crippen LogP contribution is 2.19. The minimum absolute atomic E-state index is 0.258. The Balaban J connectivity index is 1.59. The van der Waals surface area contributed by atoms with Crippen molar-refractivity contribution in [3.63, 3.8) is 0 Å². The number of carbonyl (C=O) groups is 1. The van der Waals surface area contributed by atoms with Crippen molar-refractivity contribution in [1.29, 1.82) is 0 Å². The van der Waals surface area contributed by atoms with Gasteiger partial charge in [0.25, 0.3) is 0 Å². The highest BCUT2D eigenvalue weighted by Gasteiger charge is 2.25. The van der Waals surface area contributed by atoms with E-state index in [1.807, 2.05) is 45.0 Å². The summed E-state index contributed by atoms with van der Waals surface area (Å²) in [4.78, 5) is 30.8. The first-order valence-corrected chi connectivity index (χ1v) is 8.29. The summed E-state index contributed by atoms with van der Waals surface area (Å²) in [5, 5.41) is 2.61. The van der Waals surface area contributed by atoms with Gasteiger partial charge in [-0.1, -0.05) is 0 Å². The van der Waals surface area contributed by atoms with Crippen LogP contribution in [-0.2, 0) is 4.74 Å². The number of piperazine rings is 1. The standard InChI is InChI=1S/C17H23N5O3/c1-17(2,3)25-16(24)21-10-8-20(9-11-21)13-4-6-14(7-5-13)22-12-18-15(23)19-22/h4-7,12H,8-11H2,1-3H3,(H,19,23). The van der Waals surface area contributed by atoms with E-state index in [2.05, 4.69) is 15.0 Å². The fourth-order valence-electron chi connectivity index (χ4n) is 2.70. The molecule has 0 saturated carbocycles. The summed E-state index contributed by atoms with van der Waals surface area (Å²) >= 11 is 0. The molecule has 0 unspecified atom stereocenters. The van der Waals surface area contributed by atoms with E-state index in [1.54, 1.807) is 9.58 Å². The van der Waals surface area contributed by atoms with Gasteiger partial charge in [0.2, 0.25) is 0 Å². The summed E-state index contributed by atoms with van der Waals surface area (Å²) in [6.07, 6.45) is 1.20. The Bertz CT molecular complexity index is 780. The van der Waals surface area contributed by atoms with E-state index in [4.69, 9.17) is 4.74 Å². The topological polar surface area (TPSA) is 83.5 Å². The lowest BCUT2D eigenvalue weighted by Crippen LogP contribution is -2.50. The molecule has 2 heterocycles. The van der Waals surface area contributed by atoms with Gasteiger partial charge in [0, 0.05) is 31.9 Å². The number of H-pyrrole nitrogens is 1. The lowest BCUT2D eigenvalue weighted by molar-refractivity contribution is 0.0240. The number of carbonyl (C=O) groups excluding carboxylic acids is 1. The van der Waals surface area contributed by atoms with E-state index in [9.17, 15) is 9.59 Å². The molecule has 0 bridgehead atoms. The van der Waals surface area contributed by atoms with Crippen molar-refractivity contribution in [2.45, 2.75) is 26.4 Å². The van der Waals surface area contributed by atoms with Gasteiger partial charge < -0.3 is 14.5 Å². The number of ether oxygens (including phenoxy) is 1. The predicted molar refractivity (Wildman–Crippen MR) is 94.2 cm³/mol. The number of benzene rings is 1. The van der Waals surface area contributed by atoms with E-state index >= 15 is 0 Å². The van der Waals surface area contributed by atoms with Gasteiger partial charge in [-0.3, -0.25) is 0 Å². The fraction of sp³-hybridized carbons (Fsp3) is 0.471. The van der Waals surface area contributed by atoms with Crippen LogP contribution in [-0.4, -0.2) is 57.5 Å². The van der Waals surface area contributed by atoms with Crippen molar-refractivity contribution in [2.24, 2.45) is 0 Å². The normalized spacial score (nSPS) is 15.3. The van der Waals surface area contributed by atoms with Crippen molar-refractivity contribution in [1.82, 2.24) is 19.7 Å². The first kappa shape index (κ1) is 17.1. The average molecular weight is 345 g/mol. The molecule has 1 aromatic heterocycles. The van der Waals surface area contributed by atoms with Crippen LogP contribution in [0.25, 0.3) is 5.69 Å². The monoisotopic (exact) mass is 345 g/mol. The van der Waals surface area contributed by atoms with Gasteiger partial charge in [-0.2, -0.15) is 4.98 Å². The smallest absolute Gasteiger partial charge is 0.410 e. The first-order valence-electron chi connectivity index (χ1n) is 8.29. The number of nitrogens with zero attached hydrogens (tertiary/aromatic N) is 4. The highest BCUT2D eigenvalue weighted by atomic mass is 16.6. The molecule has 0 spiro atoms. The summed E-state index contributed by atoms with van der Waals surface area (Å²) < 4.78 is 6.99. The molecule has 1 aliphatic heterocycles. The Morgan fingerprint density at radius 1 is 1.08 bits per heavy atom. The van der Waals surface area contributed by atoms with Crippen molar-refractivity contribution in [3.8, 4) is 5.69 Å². The molecule has 3 rings (SSSR count). The van der Waals surface area contributed by atoms with E-state index in [0.29, 0.717) is 13.1 Å². The van der Waals surface area contributed by atoms with Gasteiger partial charge >= 0.3 is 11.8 Å². The number of nitrogens with one attached hydrogen (secondary N) is 1. The number of anilines is 1. The van der Waals surface area contributed by atoms with Crippen LogP contribution in [0, 0.1) is 0 Å². The van der Waals surface area contributed by atoms with Crippen LogP contribution in [0.2, 0.25) is 0 Å². The third kappa shape index (κ3) is 4.20. The van der Waals surface area contributed by atoms with Crippen molar-refractivity contribution in [2.75, 3.05) is 31.1 Å². The van der Waals surface area contributed by atoms with Crippen LogP contribution < -0.4 is 10.6 Å². The van der Waals surface area contributed by atoms with Crippen molar-refractivity contribution >= 4 is 11.8 Å². The van der Waals surface area contributed by atoms with Gasteiger partial charge in [0.05, 0.1) is 5.69 Å². The van der Waals surface area contributed by atoms with Crippen LogP contribution in [0.3, 0.4) is 0 Å². The minimum atomic E-state index is -0.474. The van der Waals surface area contributed by atoms with Crippen LogP contribution in [0.4, 0.5) is 10.5 Å². The van der Waals surface area contributed by atoms with Crippen LogP contribution in [0.1, 0.15) is 20.8 Å². The number of hydrogen-bond acceptors (Lipinski definition) is 5. The van der Waals surface area contributed by atoms with E-state index in [1.165, 1.54) is 6.33 Å². The van der Waals surface area contributed by atoms with Crippen LogP contribution in [0.15, 0.2) is 35.4 Å². The lowest BCUT2D eigenvalue weighted by Gasteiger charge is -2.36. The zero-order valence-corrected chi connectivity index (χ0v) is 14.7. The quantitative estimate of drug-likeness (QED) is 0.894. The summed E-state index contributed by atoms with van der Waals surface area (Å²) in [5.41, 5.74) is 1.07. The zero-order valence-electron chi connectivity index (χ0n) is 14.7. The number of hydrogen-bond donors (Lipinski definition) is 1. The van der Waals surface area contributed by atoms with Gasteiger partial charge in [-0.25, -0.2) is 19.4 Å². The molecule has 8 nitrogen and oxygen atoms in total. The molecule has 2 aromatic rings. The molecular weight excluding hydrogens is 322 g/mol. The van der Waals surface area contributed by atoms with Crippen molar-refractivity contribution < 1.29 is 9.53 Å². The molecule has 0 radical (unpaired) electrons. The average Bonchev–Trinajstić information content (AvgIpc) is 3.00. The second-order valence-electron chi connectivity index (χ2n) is 7.00. The number of aromatic nitrogens is 3. The molecule has 134 valence electrons. The summed E-state index contributed by atoms with van der Waals surface area (Å²) in [5.74, 6) is 0. The Labute approximate surface area is 146 Å². The van der Waals surface area contributed by atoms with Gasteiger partial charge in [0.1, 0.15) is 11.9 Å². The first-order chi connectivity index (χ1) is 11.8. The molecule has 0 atom stereocenters. The van der Waals surface area contributed by atoms with E-state index in [-0.39, 0.29) is 11.8 Å². The minimum Gasteiger partial charge on any atom is -0.444 e. The SMILES string of the molecule is CC(C)(C)OC(=O)N1CCN(c2ccc(-n3cnc(=O)[nH]3)cc2)CC1. The Kier molecular flexibility index (Phi) is 4.52. The van der Waals surface area contributed by atoms with E-state index in [0.717, 1.165) is 24.5 Å². The molecular formula is C17H23N5O3. The Morgan fingerprint density at radius 3 is 2.20 bits per heavy atom. The molecule has 8 heteroatoms. The number of amides is 1. The largest absolute Gasteiger partial charge is 0.444 e. The van der Waals surface area contributed by atoms with Crippen LogP contribution >= 0.6 is 0 Å². The second-order valence-corrected chi connectivity index (χ2v) is 7.00. The van der Waals surface area contributed by atoms with E-state index < -0.39 is 5.60 Å². The maximum absolute atomic E-state index is 12.1. The summed E-state index contributed by atoms with van der Waals surface area (Å²) in [6.45, 7) is 8.38. The van der Waals surface area contributed by atoms with Crippen molar-refractivity contribution in [3.05, 3.63) is 41.1 Å². The highest BCUT2D eigenvalue weighted by molar-refractivity contribution is 5.68. The summed E-state index contributed by atoms with van der Waals surface area (Å²) in [6, 6.07) is 7.84. The number of rotatable bonds is 2.